The van der Waals surface area contributed by atoms with E-state index in [4.69, 9.17) is 21.1 Å². The van der Waals surface area contributed by atoms with Crippen molar-refractivity contribution in [2.24, 2.45) is 0 Å². The number of amides is 3. The number of aliphatic carboxylic acids is 1. The number of pyridine rings is 1. The Morgan fingerprint density at radius 3 is 2.22 bits per heavy atom. The third-order valence-corrected chi connectivity index (χ3v) is 9.76. The van der Waals surface area contributed by atoms with E-state index in [2.05, 4.69) is 51.4 Å². The van der Waals surface area contributed by atoms with Gasteiger partial charge in [0.05, 0.1) is 17.4 Å². The summed E-state index contributed by atoms with van der Waals surface area (Å²) in [4.78, 5) is 68.6. The number of anilines is 4. The molecule has 1 atom stereocenters. The maximum absolute atomic E-state index is 13.0. The van der Waals surface area contributed by atoms with Crippen molar-refractivity contribution in [3.63, 3.8) is 0 Å². The Morgan fingerprint density at radius 2 is 1.57 bits per heavy atom. The standard InChI is InChI=1S/C39H42ClF3N10O7/c40-26-8-6-25(7-9-26)38(15-16-38)52-36-49-35(50-37(51-36)60-23-39(41,42)43)47-27-10-4-24(5-11-27)31(54)48-29(34(57)58)14-17-44-32(55)33(56)46-28-12-13-30(45-22-28)59-21-20-53-18-2-1-3-19-53/h4-13,22,29H,1-3,14-21,23H2,(H,44,55)(H,46,56)(H,48,54)(H,57,58)(H2,47,49,50,51,52)/t29-/m0/s1. The molecule has 2 aliphatic rings. The fraction of sp³-hybridized carbons (Fsp3) is 0.385. The zero-order valence-electron chi connectivity index (χ0n) is 32.1. The van der Waals surface area contributed by atoms with E-state index < -0.39 is 54.1 Å². The molecule has 0 unspecified atom stereocenters. The van der Waals surface area contributed by atoms with Gasteiger partial charge in [-0.15, -0.1) is 0 Å². The molecule has 6 rings (SSSR count). The molecule has 0 radical (unpaired) electrons. The first-order valence-corrected chi connectivity index (χ1v) is 19.4. The van der Waals surface area contributed by atoms with Crippen LogP contribution in [0.5, 0.6) is 11.9 Å². The van der Waals surface area contributed by atoms with E-state index >= 15 is 0 Å². The second-order valence-electron chi connectivity index (χ2n) is 14.1. The topological polar surface area (TPSA) is 222 Å². The molecular formula is C39H42ClF3N10O7. The van der Waals surface area contributed by atoms with Gasteiger partial charge in [0.2, 0.25) is 17.8 Å². The monoisotopic (exact) mass is 854 g/mol. The van der Waals surface area contributed by atoms with Crippen LogP contribution in [0.3, 0.4) is 0 Å². The summed E-state index contributed by atoms with van der Waals surface area (Å²) in [7, 11) is 0. The lowest BCUT2D eigenvalue weighted by atomic mass is 10.1. The minimum absolute atomic E-state index is 0.0452. The van der Waals surface area contributed by atoms with Crippen LogP contribution >= 0.6 is 11.6 Å². The second kappa shape index (κ2) is 19.6. The number of piperidine rings is 1. The number of alkyl halides is 3. The second-order valence-corrected chi connectivity index (χ2v) is 14.5. The van der Waals surface area contributed by atoms with Gasteiger partial charge in [-0.05, 0) is 93.2 Å². The molecule has 0 bridgehead atoms. The molecule has 60 heavy (non-hydrogen) atoms. The predicted molar refractivity (Wildman–Crippen MR) is 212 cm³/mol. The highest BCUT2D eigenvalue weighted by Gasteiger charge is 2.45. The highest BCUT2D eigenvalue weighted by molar-refractivity contribution is 6.39. The van der Waals surface area contributed by atoms with Crippen LogP contribution in [-0.4, -0.2) is 105 Å². The van der Waals surface area contributed by atoms with Gasteiger partial charge in [-0.1, -0.05) is 30.2 Å². The van der Waals surface area contributed by atoms with Crippen molar-refractivity contribution in [2.45, 2.75) is 56.3 Å². The van der Waals surface area contributed by atoms with E-state index in [-0.39, 0.29) is 36.1 Å². The Balaban J connectivity index is 0.981. The number of carbonyl (C=O) groups excluding carboxylic acids is 3. The normalized spacial score (nSPS) is 15.2. The summed E-state index contributed by atoms with van der Waals surface area (Å²) < 4.78 is 49.4. The lowest BCUT2D eigenvalue weighted by Crippen LogP contribution is -2.44. The van der Waals surface area contributed by atoms with Crippen LogP contribution in [0.4, 0.5) is 36.4 Å². The van der Waals surface area contributed by atoms with E-state index in [1.165, 1.54) is 55.8 Å². The number of ether oxygens (including phenoxy) is 2. The fourth-order valence-electron chi connectivity index (χ4n) is 6.21. The Hall–Kier alpha value is -6.28. The molecule has 318 valence electrons. The molecule has 1 aliphatic carbocycles. The van der Waals surface area contributed by atoms with Crippen LogP contribution in [0.25, 0.3) is 0 Å². The molecule has 21 heteroatoms. The van der Waals surface area contributed by atoms with Gasteiger partial charge < -0.3 is 41.2 Å². The lowest BCUT2D eigenvalue weighted by Gasteiger charge is -2.26. The largest absolute Gasteiger partial charge is 0.480 e. The zero-order chi connectivity index (χ0) is 42.7. The van der Waals surface area contributed by atoms with E-state index in [1.54, 1.807) is 18.2 Å². The molecule has 3 amide bonds. The quantitative estimate of drug-likeness (QED) is 0.0734. The van der Waals surface area contributed by atoms with Gasteiger partial charge in [-0.25, -0.2) is 9.78 Å². The fourth-order valence-corrected chi connectivity index (χ4v) is 6.33. The number of rotatable bonds is 18. The molecule has 2 aromatic carbocycles. The minimum atomic E-state index is -4.65. The number of likely N-dealkylation sites (tertiary alicyclic amines) is 1. The number of aromatic nitrogens is 4. The van der Waals surface area contributed by atoms with Crippen molar-refractivity contribution in [3.8, 4) is 11.9 Å². The molecule has 1 saturated carbocycles. The van der Waals surface area contributed by atoms with E-state index in [0.29, 0.717) is 36.0 Å². The zero-order valence-corrected chi connectivity index (χ0v) is 32.8. The van der Waals surface area contributed by atoms with Crippen LogP contribution < -0.4 is 36.1 Å². The summed E-state index contributed by atoms with van der Waals surface area (Å²) in [5.41, 5.74) is 0.950. The smallest absolute Gasteiger partial charge is 0.422 e. The van der Waals surface area contributed by atoms with E-state index in [0.717, 1.165) is 25.2 Å². The van der Waals surface area contributed by atoms with Crippen molar-refractivity contribution in [2.75, 3.05) is 55.3 Å². The van der Waals surface area contributed by atoms with Crippen LogP contribution in [0, 0.1) is 0 Å². The van der Waals surface area contributed by atoms with Crippen LogP contribution in [-0.2, 0) is 19.9 Å². The van der Waals surface area contributed by atoms with Gasteiger partial charge in [0.1, 0.15) is 12.6 Å². The molecule has 3 heterocycles. The summed E-state index contributed by atoms with van der Waals surface area (Å²) in [6, 6.07) is 13.8. The van der Waals surface area contributed by atoms with Gasteiger partial charge in [0.15, 0.2) is 6.61 Å². The summed E-state index contributed by atoms with van der Waals surface area (Å²) in [6.45, 7) is 1.46. The maximum Gasteiger partial charge on any atom is 0.422 e. The van der Waals surface area contributed by atoms with Gasteiger partial charge in [0.25, 0.3) is 5.91 Å². The number of hydrogen-bond donors (Lipinski definition) is 6. The van der Waals surface area contributed by atoms with E-state index in [1.807, 2.05) is 12.1 Å². The van der Waals surface area contributed by atoms with Crippen molar-refractivity contribution < 1.29 is 46.9 Å². The van der Waals surface area contributed by atoms with Gasteiger partial charge in [-0.2, -0.15) is 28.1 Å². The Morgan fingerprint density at radius 1 is 0.867 bits per heavy atom. The van der Waals surface area contributed by atoms with Crippen LogP contribution in [0.2, 0.25) is 5.02 Å². The highest BCUT2D eigenvalue weighted by Crippen LogP contribution is 2.48. The van der Waals surface area contributed by atoms with Crippen molar-refractivity contribution in [1.82, 2.24) is 35.5 Å². The number of nitrogens with one attached hydrogen (secondary N) is 5. The number of benzene rings is 2. The number of carboxylic acid groups (broad SMARTS) is 1. The molecule has 4 aromatic rings. The number of carbonyl (C=O) groups is 4. The SMILES string of the molecule is O=C(NCC[C@H](NC(=O)c1ccc(Nc2nc(NC3(c4ccc(Cl)cc4)CC3)nc(OCC(F)(F)F)n2)cc1)C(=O)O)C(=O)Nc1ccc(OCCN2CCCCC2)nc1. The van der Waals surface area contributed by atoms with Gasteiger partial charge in [-0.3, -0.25) is 19.3 Å². The molecule has 1 saturated heterocycles. The third kappa shape index (κ3) is 12.9. The molecule has 2 fully saturated rings. The van der Waals surface area contributed by atoms with Crippen LogP contribution in [0.1, 0.15) is 54.4 Å². The first-order chi connectivity index (χ1) is 28.7. The first-order valence-electron chi connectivity index (χ1n) is 19.0. The maximum atomic E-state index is 13.0. The van der Waals surface area contributed by atoms with Crippen molar-refractivity contribution >= 4 is 58.6 Å². The molecule has 6 N–H and O–H groups in total. The number of nitrogens with zero attached hydrogens (tertiary/aromatic N) is 5. The third-order valence-electron chi connectivity index (χ3n) is 9.51. The van der Waals surface area contributed by atoms with E-state index in [9.17, 15) is 37.5 Å². The summed E-state index contributed by atoms with van der Waals surface area (Å²) in [5, 5.41) is 23.4. The Labute approximate surface area is 346 Å². The summed E-state index contributed by atoms with van der Waals surface area (Å²) in [6.07, 6.45) is 1.44. The van der Waals surface area contributed by atoms with Crippen molar-refractivity contribution in [1.29, 1.82) is 0 Å². The average molecular weight is 855 g/mol. The highest BCUT2D eigenvalue weighted by atomic mass is 35.5. The molecular weight excluding hydrogens is 813 g/mol. The number of halogens is 4. The Bertz CT molecular complexity index is 2120. The molecule has 1 aliphatic heterocycles. The Kier molecular flexibility index (Phi) is 14.2. The van der Waals surface area contributed by atoms with Gasteiger partial charge >= 0.3 is 30.0 Å². The summed E-state index contributed by atoms with van der Waals surface area (Å²) >= 11 is 6.03. The molecule has 17 nitrogen and oxygen atoms in total. The first kappa shape index (κ1) is 43.3. The number of carboxylic acids is 1. The van der Waals surface area contributed by atoms with Crippen molar-refractivity contribution in [3.05, 3.63) is 83.0 Å². The van der Waals surface area contributed by atoms with Crippen LogP contribution in [0.15, 0.2) is 66.9 Å². The van der Waals surface area contributed by atoms with Gasteiger partial charge in [0, 0.05) is 35.4 Å². The predicted octanol–water partition coefficient (Wildman–Crippen LogP) is 4.90. The lowest BCUT2D eigenvalue weighted by molar-refractivity contribution is -0.154. The summed E-state index contributed by atoms with van der Waals surface area (Å²) in [5.74, 6) is -3.99. The molecule has 0 spiro atoms. The minimum Gasteiger partial charge on any atom is -0.480 e. The molecule has 2 aromatic heterocycles. The number of hydrogen-bond acceptors (Lipinski definition) is 13. The average Bonchev–Trinajstić information content (AvgIpc) is 4.01.